The average Bonchev–Trinajstić information content (AvgIpc) is 2.75. The summed E-state index contributed by atoms with van der Waals surface area (Å²) < 4.78 is 42.9. The van der Waals surface area contributed by atoms with Crippen molar-refractivity contribution in [1.82, 2.24) is 4.57 Å². The molecule has 1 aromatic heterocycles. The molecule has 0 atom stereocenters. The molecule has 0 aliphatic carbocycles. The van der Waals surface area contributed by atoms with Crippen LogP contribution in [0.5, 0.6) is 5.75 Å². The van der Waals surface area contributed by atoms with Crippen molar-refractivity contribution in [2.75, 3.05) is 12.4 Å². The van der Waals surface area contributed by atoms with E-state index in [0.29, 0.717) is 11.3 Å². The van der Waals surface area contributed by atoms with Crippen molar-refractivity contribution >= 4 is 5.69 Å². The Kier molecular flexibility index (Phi) is 3.42. The highest BCUT2D eigenvalue weighted by Crippen LogP contribution is 2.32. The summed E-state index contributed by atoms with van der Waals surface area (Å²) in [5, 5.41) is 2.92. The third-order valence-electron chi connectivity index (χ3n) is 2.67. The van der Waals surface area contributed by atoms with E-state index in [2.05, 4.69) is 10.1 Å². The fourth-order valence-electron chi connectivity index (χ4n) is 1.85. The first-order valence-corrected chi connectivity index (χ1v) is 5.62. The first-order valence-electron chi connectivity index (χ1n) is 5.62. The highest BCUT2D eigenvalue weighted by molar-refractivity contribution is 5.55. The van der Waals surface area contributed by atoms with Crippen LogP contribution in [0.15, 0.2) is 36.7 Å². The molecule has 1 heterocycles. The van der Waals surface area contributed by atoms with Crippen LogP contribution in [-0.4, -0.2) is 18.0 Å². The Hall–Kier alpha value is -2.11. The van der Waals surface area contributed by atoms with Crippen molar-refractivity contribution in [3.63, 3.8) is 0 Å². The van der Waals surface area contributed by atoms with Crippen LogP contribution in [-0.2, 0) is 0 Å². The molecular weight excluding hydrogens is 257 g/mol. The zero-order chi connectivity index (χ0) is 14.0. The predicted octanol–water partition coefficient (Wildman–Crippen LogP) is 3.73. The standard InChI is InChI=1S/C13H13F3N2O/c1-9-4-3-5-11(19-13(14,15)16)12(9)18-7-6-10(8-18)17-2/h3-8,17H,1-2H3. The van der Waals surface area contributed by atoms with Gasteiger partial charge < -0.3 is 14.6 Å². The highest BCUT2D eigenvalue weighted by atomic mass is 19.4. The fourth-order valence-corrected chi connectivity index (χ4v) is 1.85. The normalized spacial score (nSPS) is 11.4. The Bertz CT molecular complexity index is 576. The number of anilines is 1. The molecule has 0 saturated carbocycles. The minimum Gasteiger partial charge on any atom is -0.404 e. The molecule has 0 aliphatic rings. The molecule has 0 spiro atoms. The summed E-state index contributed by atoms with van der Waals surface area (Å²) in [6.45, 7) is 1.73. The lowest BCUT2D eigenvalue weighted by Gasteiger charge is -2.15. The van der Waals surface area contributed by atoms with Crippen LogP contribution in [0, 0.1) is 6.92 Å². The molecule has 2 rings (SSSR count). The number of aryl methyl sites for hydroxylation is 1. The van der Waals surface area contributed by atoms with Crippen molar-refractivity contribution in [1.29, 1.82) is 0 Å². The maximum absolute atomic E-state index is 12.4. The van der Waals surface area contributed by atoms with Crippen LogP contribution < -0.4 is 10.1 Å². The number of rotatable bonds is 3. The van der Waals surface area contributed by atoms with Gasteiger partial charge in [0.2, 0.25) is 0 Å². The number of hydrogen-bond acceptors (Lipinski definition) is 2. The maximum atomic E-state index is 12.4. The van der Waals surface area contributed by atoms with Gasteiger partial charge in [0.05, 0.1) is 11.4 Å². The zero-order valence-electron chi connectivity index (χ0n) is 10.5. The van der Waals surface area contributed by atoms with Gasteiger partial charge in [-0.2, -0.15) is 0 Å². The van der Waals surface area contributed by atoms with E-state index in [1.807, 2.05) is 0 Å². The van der Waals surface area contributed by atoms with Crippen LogP contribution in [0.25, 0.3) is 5.69 Å². The molecule has 3 nitrogen and oxygen atoms in total. The van der Waals surface area contributed by atoms with Gasteiger partial charge in [-0.15, -0.1) is 13.2 Å². The molecular formula is C13H13F3N2O. The minimum atomic E-state index is -4.71. The van der Waals surface area contributed by atoms with E-state index in [9.17, 15) is 13.2 Å². The first kappa shape index (κ1) is 13.3. The fraction of sp³-hybridized carbons (Fsp3) is 0.231. The molecule has 0 amide bonds. The molecule has 0 bridgehead atoms. The summed E-state index contributed by atoms with van der Waals surface area (Å²) >= 11 is 0. The van der Waals surface area contributed by atoms with Crippen molar-refractivity contribution in [3.8, 4) is 11.4 Å². The third kappa shape index (κ3) is 3.01. The molecule has 19 heavy (non-hydrogen) atoms. The summed E-state index contributed by atoms with van der Waals surface area (Å²) in [4.78, 5) is 0. The molecule has 102 valence electrons. The third-order valence-corrected chi connectivity index (χ3v) is 2.67. The van der Waals surface area contributed by atoms with Gasteiger partial charge in [0.25, 0.3) is 0 Å². The molecule has 0 unspecified atom stereocenters. The molecule has 2 aromatic rings. The van der Waals surface area contributed by atoms with Crippen molar-refractivity contribution in [2.45, 2.75) is 13.3 Å². The number of nitrogens with one attached hydrogen (secondary N) is 1. The second kappa shape index (κ2) is 4.87. The number of ether oxygens (including phenoxy) is 1. The predicted molar refractivity (Wildman–Crippen MR) is 66.7 cm³/mol. The summed E-state index contributed by atoms with van der Waals surface area (Å²) in [5.41, 5.74) is 1.88. The maximum Gasteiger partial charge on any atom is 0.573 e. The van der Waals surface area contributed by atoms with Crippen molar-refractivity contribution < 1.29 is 17.9 Å². The van der Waals surface area contributed by atoms with Crippen molar-refractivity contribution in [3.05, 3.63) is 42.2 Å². The van der Waals surface area contributed by atoms with Crippen molar-refractivity contribution in [2.24, 2.45) is 0 Å². The van der Waals surface area contributed by atoms with E-state index in [-0.39, 0.29) is 5.75 Å². The highest BCUT2D eigenvalue weighted by Gasteiger charge is 2.32. The lowest BCUT2D eigenvalue weighted by molar-refractivity contribution is -0.274. The summed E-state index contributed by atoms with van der Waals surface area (Å²) in [7, 11) is 1.74. The molecule has 0 saturated heterocycles. The Morgan fingerprint density at radius 2 is 1.95 bits per heavy atom. The van der Waals surface area contributed by atoms with E-state index in [1.54, 1.807) is 43.1 Å². The number of halogens is 3. The first-order chi connectivity index (χ1) is 8.90. The van der Waals surface area contributed by atoms with Gasteiger partial charge in [-0.3, -0.25) is 0 Å². The van der Waals surface area contributed by atoms with Gasteiger partial charge in [0, 0.05) is 19.4 Å². The average molecular weight is 270 g/mol. The van der Waals surface area contributed by atoms with Gasteiger partial charge >= 0.3 is 6.36 Å². The van der Waals surface area contributed by atoms with Crippen LogP contribution in [0.3, 0.4) is 0 Å². The largest absolute Gasteiger partial charge is 0.573 e. The van der Waals surface area contributed by atoms with Crippen LogP contribution in [0.2, 0.25) is 0 Å². The Morgan fingerprint density at radius 1 is 1.21 bits per heavy atom. The quantitative estimate of drug-likeness (QED) is 0.919. The monoisotopic (exact) mass is 270 g/mol. The van der Waals surface area contributed by atoms with E-state index in [1.165, 1.54) is 12.1 Å². The lowest BCUT2D eigenvalue weighted by atomic mass is 10.2. The summed E-state index contributed by atoms with van der Waals surface area (Å²) in [5.74, 6) is -0.217. The Labute approximate surface area is 108 Å². The van der Waals surface area contributed by atoms with Gasteiger partial charge in [-0.05, 0) is 24.6 Å². The number of nitrogens with zero attached hydrogens (tertiary/aromatic N) is 1. The zero-order valence-corrected chi connectivity index (χ0v) is 10.5. The second-order valence-electron chi connectivity index (χ2n) is 4.03. The number of hydrogen-bond donors (Lipinski definition) is 1. The van der Waals surface area contributed by atoms with Crippen LogP contribution in [0.1, 0.15) is 5.56 Å². The van der Waals surface area contributed by atoms with Crippen LogP contribution in [0.4, 0.5) is 18.9 Å². The van der Waals surface area contributed by atoms with E-state index >= 15 is 0 Å². The summed E-state index contributed by atoms with van der Waals surface area (Å²) in [6.07, 6.45) is -1.33. The number of alkyl halides is 3. The molecule has 0 fully saturated rings. The number of aromatic nitrogens is 1. The lowest BCUT2D eigenvalue weighted by Crippen LogP contribution is -2.18. The minimum absolute atomic E-state index is 0.217. The second-order valence-corrected chi connectivity index (χ2v) is 4.03. The van der Waals surface area contributed by atoms with E-state index < -0.39 is 6.36 Å². The van der Waals surface area contributed by atoms with E-state index in [0.717, 1.165) is 5.69 Å². The molecule has 0 radical (unpaired) electrons. The van der Waals surface area contributed by atoms with E-state index in [4.69, 9.17) is 0 Å². The molecule has 1 N–H and O–H groups in total. The van der Waals surface area contributed by atoms with Gasteiger partial charge in [-0.25, -0.2) is 0 Å². The smallest absolute Gasteiger partial charge is 0.404 e. The summed E-state index contributed by atoms with van der Waals surface area (Å²) in [6, 6.07) is 6.33. The molecule has 1 aromatic carbocycles. The Morgan fingerprint density at radius 3 is 2.53 bits per heavy atom. The SMILES string of the molecule is CNc1ccn(-c2c(C)cccc2OC(F)(F)F)c1. The topological polar surface area (TPSA) is 26.2 Å². The Balaban J connectivity index is 2.48. The van der Waals surface area contributed by atoms with Crippen LogP contribution >= 0.6 is 0 Å². The van der Waals surface area contributed by atoms with Gasteiger partial charge in [0.1, 0.15) is 0 Å². The molecule has 0 aliphatic heterocycles. The van der Waals surface area contributed by atoms with Gasteiger partial charge in [-0.1, -0.05) is 12.1 Å². The van der Waals surface area contributed by atoms with Gasteiger partial charge in [0.15, 0.2) is 5.75 Å². The number of para-hydroxylation sites is 1. The number of benzene rings is 1. The molecule has 6 heteroatoms.